The average Bonchev–Trinajstić information content (AvgIpc) is 3.80. The van der Waals surface area contributed by atoms with Crippen molar-refractivity contribution in [3.05, 3.63) is 63.6 Å². The summed E-state index contributed by atoms with van der Waals surface area (Å²) in [6.45, 7) is 3.47. The number of carbonyl (C=O) groups is 4. The third-order valence-corrected chi connectivity index (χ3v) is 10.8. The Labute approximate surface area is 307 Å². The number of fused-ring (bicyclic) bond motifs is 4. The lowest BCUT2D eigenvalue weighted by Crippen LogP contribution is -2.78. The number of hydrogen-bond donors (Lipinski definition) is 3. The summed E-state index contributed by atoms with van der Waals surface area (Å²) in [4.78, 5) is 63.3. The number of nitrogens with two attached hydrogens (primary N) is 2. The SMILES string of the molecule is COC(=O)C1=C(CSc2ccc3n[nH]c(=O)n3n2)COC2N1C(=O)C2(C)N.COC(=O)C1=C(CSc2ccc3nncn3n2)COC2N1C(=O)C2(C)N. The van der Waals surface area contributed by atoms with Gasteiger partial charge in [0.05, 0.1) is 27.4 Å². The van der Waals surface area contributed by atoms with Gasteiger partial charge in [-0.05, 0) is 49.3 Å². The standard InChI is InChI=1S/C15H16N6O5S.C15H16N6O4S/c1-15(16)12(23)20-10(11(22)25-2)7(5-26-13(15)20)6-27-9-4-3-8-17-18-14(24)21(8)19-9;1-15(16)13(23)21-11(12(22)24-2)8(5-25-14(15)21)6-26-10-4-3-9-18-17-7-20(9)19-10/h3-4,13H,5-6,16H2,1-2H3,(H,18,24);3-4,7,14H,5-6,16H2,1-2H3. The number of β-lactam (4-membered cyclic amide) rings is 2. The molecule has 0 saturated carbocycles. The van der Waals surface area contributed by atoms with E-state index < -0.39 is 47.1 Å². The third-order valence-electron chi connectivity index (χ3n) is 8.77. The molecule has 278 valence electrons. The van der Waals surface area contributed by atoms with Crippen LogP contribution < -0.4 is 17.2 Å². The number of aromatic amines is 1. The van der Waals surface area contributed by atoms with E-state index in [0.29, 0.717) is 39.0 Å². The van der Waals surface area contributed by atoms with E-state index in [0.717, 1.165) is 9.54 Å². The van der Waals surface area contributed by atoms with Gasteiger partial charge in [-0.3, -0.25) is 19.4 Å². The molecule has 4 unspecified atom stereocenters. The van der Waals surface area contributed by atoms with Crippen molar-refractivity contribution < 1.29 is 38.1 Å². The van der Waals surface area contributed by atoms with E-state index in [9.17, 15) is 24.0 Å². The number of thioether (sulfide) groups is 2. The van der Waals surface area contributed by atoms with Crippen molar-refractivity contribution in [3.63, 3.8) is 0 Å². The smallest absolute Gasteiger partial charge is 0.364 e. The summed E-state index contributed by atoms with van der Waals surface area (Å²) < 4.78 is 23.8. The minimum Gasteiger partial charge on any atom is -0.464 e. The number of ether oxygens (including phenoxy) is 4. The summed E-state index contributed by atoms with van der Waals surface area (Å²) in [5, 5.41) is 23.6. The van der Waals surface area contributed by atoms with Crippen LogP contribution in [0, 0.1) is 0 Å². The molecular formula is C30H32N12O9S2. The zero-order valence-electron chi connectivity index (χ0n) is 28.5. The van der Waals surface area contributed by atoms with Gasteiger partial charge in [-0.2, -0.15) is 24.3 Å². The second-order valence-electron chi connectivity index (χ2n) is 12.5. The van der Waals surface area contributed by atoms with Crippen molar-refractivity contribution >= 4 is 58.6 Å². The van der Waals surface area contributed by atoms with Crippen molar-refractivity contribution in [1.82, 2.24) is 49.4 Å². The highest BCUT2D eigenvalue weighted by Gasteiger charge is 2.61. The van der Waals surface area contributed by atoms with Gasteiger partial charge in [-0.1, -0.05) is 0 Å². The fourth-order valence-electron chi connectivity index (χ4n) is 5.99. The predicted octanol–water partition coefficient (Wildman–Crippen LogP) is -1.59. The highest BCUT2D eigenvalue weighted by Crippen LogP contribution is 2.40. The first kappa shape index (κ1) is 36.2. The Morgan fingerprint density at radius 1 is 0.849 bits per heavy atom. The largest absolute Gasteiger partial charge is 0.464 e. The van der Waals surface area contributed by atoms with E-state index in [-0.39, 0.29) is 30.5 Å². The highest BCUT2D eigenvalue weighted by atomic mass is 32.2. The number of nitrogens with zero attached hydrogens (tertiary/aromatic N) is 9. The summed E-state index contributed by atoms with van der Waals surface area (Å²) in [7, 11) is 2.52. The lowest BCUT2D eigenvalue weighted by molar-refractivity contribution is -0.196. The molecule has 5 N–H and O–H groups in total. The van der Waals surface area contributed by atoms with Gasteiger partial charge >= 0.3 is 17.6 Å². The molecule has 4 aliphatic rings. The Bertz CT molecular complexity index is 2300. The van der Waals surface area contributed by atoms with Gasteiger partial charge in [-0.25, -0.2) is 19.5 Å². The molecule has 2 amide bonds. The molecule has 4 aromatic rings. The molecule has 0 radical (unpaired) electrons. The van der Waals surface area contributed by atoms with E-state index in [1.807, 2.05) is 6.07 Å². The number of H-pyrrole nitrogens is 1. The van der Waals surface area contributed by atoms with E-state index in [2.05, 4.69) is 30.6 Å². The van der Waals surface area contributed by atoms with Crippen molar-refractivity contribution in [2.24, 2.45) is 11.5 Å². The van der Waals surface area contributed by atoms with Crippen LogP contribution in [0.3, 0.4) is 0 Å². The topological polar surface area (TPSA) is 270 Å². The third kappa shape index (κ3) is 6.13. The normalized spacial score (nSPS) is 25.0. The van der Waals surface area contributed by atoms with E-state index in [1.54, 1.807) is 36.6 Å². The number of esters is 2. The molecule has 8 heterocycles. The number of carbonyl (C=O) groups excluding carboxylic acids is 4. The molecule has 0 spiro atoms. The Morgan fingerprint density at radius 2 is 1.36 bits per heavy atom. The zero-order valence-corrected chi connectivity index (χ0v) is 30.2. The molecule has 4 aromatic heterocycles. The van der Waals surface area contributed by atoms with E-state index in [1.165, 1.54) is 53.9 Å². The van der Waals surface area contributed by atoms with Gasteiger partial charge in [0.15, 0.2) is 23.8 Å². The monoisotopic (exact) mass is 768 g/mol. The fourth-order valence-corrected chi connectivity index (χ4v) is 7.69. The van der Waals surface area contributed by atoms with Gasteiger partial charge < -0.3 is 30.4 Å². The fraction of sp³-hybridized carbons (Fsp3) is 0.400. The van der Waals surface area contributed by atoms with Crippen molar-refractivity contribution in [2.45, 2.75) is 47.4 Å². The van der Waals surface area contributed by atoms with Crippen LogP contribution in [0.2, 0.25) is 0 Å². The molecule has 2 saturated heterocycles. The van der Waals surface area contributed by atoms with Crippen LogP contribution in [0.4, 0.5) is 0 Å². The molecular weight excluding hydrogens is 737 g/mol. The van der Waals surface area contributed by atoms with Gasteiger partial charge in [0.25, 0.3) is 11.8 Å². The highest BCUT2D eigenvalue weighted by molar-refractivity contribution is 7.99. The van der Waals surface area contributed by atoms with Crippen LogP contribution in [0.25, 0.3) is 11.3 Å². The van der Waals surface area contributed by atoms with Gasteiger partial charge in [-0.15, -0.1) is 33.7 Å². The number of hydrogen-bond acceptors (Lipinski definition) is 18. The molecule has 4 aliphatic heterocycles. The Kier molecular flexibility index (Phi) is 9.32. The average molecular weight is 769 g/mol. The molecule has 23 heteroatoms. The van der Waals surface area contributed by atoms with Crippen LogP contribution in [0.15, 0.2) is 68.0 Å². The molecule has 0 bridgehead atoms. The lowest BCUT2D eigenvalue weighted by atomic mass is 9.86. The molecule has 21 nitrogen and oxygen atoms in total. The summed E-state index contributed by atoms with van der Waals surface area (Å²) in [5.74, 6) is -1.26. The van der Waals surface area contributed by atoms with E-state index in [4.69, 9.17) is 30.4 Å². The number of rotatable bonds is 8. The second-order valence-corrected chi connectivity index (χ2v) is 14.5. The lowest BCUT2D eigenvalue weighted by Gasteiger charge is -2.53. The molecule has 2 fully saturated rings. The number of nitrogens with one attached hydrogen (secondary N) is 1. The Balaban J connectivity index is 0.000000164. The van der Waals surface area contributed by atoms with Gasteiger partial charge in [0.2, 0.25) is 0 Å². The summed E-state index contributed by atoms with van der Waals surface area (Å²) in [6, 6.07) is 6.96. The van der Waals surface area contributed by atoms with Crippen LogP contribution >= 0.6 is 23.5 Å². The molecule has 0 aliphatic carbocycles. The quantitative estimate of drug-likeness (QED) is 0.104. The Morgan fingerprint density at radius 3 is 1.89 bits per heavy atom. The van der Waals surface area contributed by atoms with Gasteiger partial charge in [0.1, 0.15) is 38.9 Å². The van der Waals surface area contributed by atoms with Crippen LogP contribution in [-0.4, -0.2) is 136 Å². The van der Waals surface area contributed by atoms with Crippen molar-refractivity contribution in [1.29, 1.82) is 0 Å². The maximum Gasteiger partial charge on any atom is 0.364 e. The van der Waals surface area contributed by atoms with Crippen molar-refractivity contribution in [3.8, 4) is 0 Å². The second kappa shape index (κ2) is 13.7. The van der Waals surface area contributed by atoms with Crippen LogP contribution in [-0.2, 0) is 38.1 Å². The summed E-state index contributed by atoms with van der Waals surface area (Å²) >= 11 is 2.69. The molecule has 8 rings (SSSR count). The number of aromatic nitrogens is 8. The molecule has 4 atom stereocenters. The number of methoxy groups -OCH3 is 2. The Hall–Kier alpha value is -5.20. The van der Waals surface area contributed by atoms with Crippen LogP contribution in [0.5, 0.6) is 0 Å². The minimum atomic E-state index is -1.17. The first-order valence-corrected chi connectivity index (χ1v) is 17.7. The molecule has 53 heavy (non-hydrogen) atoms. The maximum atomic E-state index is 12.3. The summed E-state index contributed by atoms with van der Waals surface area (Å²) in [5.41, 5.74) is 11.8. The first-order chi connectivity index (χ1) is 25.3. The summed E-state index contributed by atoms with van der Waals surface area (Å²) in [6.07, 6.45) is 0.143. The van der Waals surface area contributed by atoms with Crippen LogP contribution in [0.1, 0.15) is 13.8 Å². The van der Waals surface area contributed by atoms with Gasteiger partial charge in [0, 0.05) is 11.5 Å². The minimum absolute atomic E-state index is 0.132. The predicted molar refractivity (Wildman–Crippen MR) is 182 cm³/mol. The molecule has 0 aromatic carbocycles. The number of amides is 2. The zero-order chi connectivity index (χ0) is 37.8. The van der Waals surface area contributed by atoms with Crippen molar-refractivity contribution in [2.75, 3.05) is 38.9 Å². The first-order valence-electron chi connectivity index (χ1n) is 15.7. The maximum absolute atomic E-state index is 12.3. The van der Waals surface area contributed by atoms with E-state index >= 15 is 0 Å².